The second-order valence-electron chi connectivity index (χ2n) is 4.17. The summed E-state index contributed by atoms with van der Waals surface area (Å²) in [5.41, 5.74) is 0.636. The monoisotopic (exact) mass is 263 g/mol. The Bertz CT molecular complexity index is 618. The van der Waals surface area contributed by atoms with E-state index in [4.69, 9.17) is 4.74 Å². The van der Waals surface area contributed by atoms with E-state index in [9.17, 15) is 14.0 Å². The van der Waals surface area contributed by atoms with Crippen LogP contribution in [0.2, 0.25) is 0 Å². The molecule has 2 aromatic rings. The number of carbonyl (C=O) groups excluding carboxylic acids is 2. The molecule has 0 aliphatic carbocycles. The number of ether oxygens (including phenoxy) is 1. The summed E-state index contributed by atoms with van der Waals surface area (Å²) in [5.74, 6) is -1.15. The fourth-order valence-electron chi connectivity index (χ4n) is 1.91. The molecule has 5 heteroatoms. The highest BCUT2D eigenvalue weighted by Crippen LogP contribution is 2.17. The predicted octanol–water partition coefficient (Wildman–Crippen LogP) is 2.30. The van der Waals surface area contributed by atoms with Gasteiger partial charge in [-0.1, -0.05) is 0 Å². The molecule has 2 rings (SSSR count). The summed E-state index contributed by atoms with van der Waals surface area (Å²) in [5, 5.41) is 0.852. The maximum absolute atomic E-state index is 13.2. The van der Waals surface area contributed by atoms with Crippen LogP contribution in [0.4, 0.5) is 4.39 Å². The van der Waals surface area contributed by atoms with E-state index in [2.05, 4.69) is 0 Å². The molecule has 0 spiro atoms. The third kappa shape index (κ3) is 3.19. The van der Waals surface area contributed by atoms with Gasteiger partial charge >= 0.3 is 5.97 Å². The lowest BCUT2D eigenvalue weighted by Gasteiger charge is -2.05. The summed E-state index contributed by atoms with van der Waals surface area (Å²) in [6.07, 6.45) is 1.44. The fraction of sp³-hybridized carbons (Fsp3) is 0.286. The van der Waals surface area contributed by atoms with Gasteiger partial charge in [0.15, 0.2) is 5.78 Å². The second-order valence-corrected chi connectivity index (χ2v) is 4.17. The topological polar surface area (TPSA) is 48.3 Å². The molecule has 0 saturated carbocycles. The lowest BCUT2D eigenvalue weighted by Crippen LogP contribution is -2.15. The number of hydrogen-bond acceptors (Lipinski definition) is 3. The first kappa shape index (κ1) is 13.3. The molecule has 0 saturated heterocycles. The van der Waals surface area contributed by atoms with E-state index in [1.54, 1.807) is 29.8 Å². The average molecular weight is 263 g/mol. The number of aromatic nitrogens is 1. The minimum atomic E-state index is -0.532. The molecule has 0 N–H and O–H groups in total. The maximum Gasteiger partial charge on any atom is 0.313 e. The number of hydrogen-bond donors (Lipinski definition) is 0. The first-order chi connectivity index (χ1) is 9.10. The summed E-state index contributed by atoms with van der Waals surface area (Å²) in [6.45, 7) is 1.97. The Balaban J connectivity index is 2.11. The normalized spacial score (nSPS) is 10.6. The van der Waals surface area contributed by atoms with E-state index in [1.807, 2.05) is 0 Å². The summed E-state index contributed by atoms with van der Waals surface area (Å²) >= 11 is 0. The quantitative estimate of drug-likeness (QED) is 0.614. The van der Waals surface area contributed by atoms with Crippen molar-refractivity contribution in [2.75, 3.05) is 6.61 Å². The number of nitrogens with zero attached hydrogens (tertiary/aromatic N) is 1. The largest absolute Gasteiger partial charge is 0.466 e. The van der Waals surface area contributed by atoms with Crippen LogP contribution >= 0.6 is 0 Å². The zero-order chi connectivity index (χ0) is 13.8. The Morgan fingerprint density at radius 1 is 1.32 bits per heavy atom. The number of halogens is 1. The predicted molar refractivity (Wildman–Crippen MR) is 68.2 cm³/mol. The molecule has 1 aromatic heterocycles. The minimum absolute atomic E-state index is 0.0335. The molecule has 0 aliphatic rings. The van der Waals surface area contributed by atoms with Gasteiger partial charge in [-0.05, 0) is 36.6 Å². The fourth-order valence-corrected chi connectivity index (χ4v) is 1.91. The summed E-state index contributed by atoms with van der Waals surface area (Å²) in [6, 6.07) is 6.18. The first-order valence-corrected chi connectivity index (χ1v) is 6.02. The van der Waals surface area contributed by atoms with Gasteiger partial charge in [0.2, 0.25) is 0 Å². The molecule has 0 amide bonds. The van der Waals surface area contributed by atoms with E-state index in [1.165, 1.54) is 12.1 Å². The highest BCUT2D eigenvalue weighted by Gasteiger charge is 2.12. The molecular formula is C14H14FNO3. The SMILES string of the molecule is CCOC(=O)CC(=O)Cn1ccc2ccc(F)cc21. The number of rotatable bonds is 5. The van der Waals surface area contributed by atoms with Crippen LogP contribution in [0.5, 0.6) is 0 Å². The van der Waals surface area contributed by atoms with Crippen LogP contribution < -0.4 is 0 Å². The molecule has 4 nitrogen and oxygen atoms in total. The van der Waals surface area contributed by atoms with Gasteiger partial charge in [0, 0.05) is 6.20 Å². The van der Waals surface area contributed by atoms with E-state index < -0.39 is 5.97 Å². The number of ketones is 1. The molecule has 0 bridgehead atoms. The second kappa shape index (κ2) is 5.65. The van der Waals surface area contributed by atoms with Crippen LogP contribution in [0.25, 0.3) is 10.9 Å². The van der Waals surface area contributed by atoms with E-state index >= 15 is 0 Å². The van der Waals surface area contributed by atoms with Crippen LogP contribution in [0.1, 0.15) is 13.3 Å². The van der Waals surface area contributed by atoms with Crippen molar-refractivity contribution in [3.63, 3.8) is 0 Å². The number of carbonyl (C=O) groups is 2. The van der Waals surface area contributed by atoms with Crippen molar-refractivity contribution in [2.45, 2.75) is 19.9 Å². The van der Waals surface area contributed by atoms with Gasteiger partial charge in [0.05, 0.1) is 18.7 Å². The standard InChI is InChI=1S/C14H14FNO3/c1-2-19-14(18)8-12(17)9-16-6-5-10-3-4-11(15)7-13(10)16/h3-7H,2,8-9H2,1H3. The van der Waals surface area contributed by atoms with Gasteiger partial charge < -0.3 is 9.30 Å². The molecule has 0 radical (unpaired) electrons. The molecule has 1 aromatic carbocycles. The number of Topliss-reactive ketones (excluding diaryl/α,β-unsaturated/α-hetero) is 1. The number of benzene rings is 1. The van der Waals surface area contributed by atoms with Crippen molar-refractivity contribution in [1.82, 2.24) is 4.57 Å². The lowest BCUT2D eigenvalue weighted by atomic mass is 10.2. The molecule has 1 heterocycles. The lowest BCUT2D eigenvalue weighted by molar-refractivity contribution is -0.145. The van der Waals surface area contributed by atoms with Crippen LogP contribution in [0.3, 0.4) is 0 Å². The Kier molecular flexibility index (Phi) is 3.94. The highest BCUT2D eigenvalue weighted by atomic mass is 19.1. The summed E-state index contributed by atoms with van der Waals surface area (Å²) < 4.78 is 19.5. The Labute approximate surface area is 109 Å². The van der Waals surface area contributed by atoms with Crippen LogP contribution in [-0.4, -0.2) is 22.9 Å². The van der Waals surface area contributed by atoms with Gasteiger partial charge in [0.25, 0.3) is 0 Å². The zero-order valence-electron chi connectivity index (χ0n) is 10.6. The molecule has 19 heavy (non-hydrogen) atoms. The maximum atomic E-state index is 13.2. The molecule has 0 aliphatic heterocycles. The highest BCUT2D eigenvalue weighted by molar-refractivity contribution is 5.96. The Morgan fingerprint density at radius 3 is 2.84 bits per heavy atom. The van der Waals surface area contributed by atoms with Crippen molar-refractivity contribution < 1.29 is 18.7 Å². The number of fused-ring (bicyclic) bond motifs is 1. The van der Waals surface area contributed by atoms with Gasteiger partial charge in [-0.25, -0.2) is 4.39 Å². The van der Waals surface area contributed by atoms with Crippen LogP contribution in [0, 0.1) is 5.82 Å². The van der Waals surface area contributed by atoms with Crippen LogP contribution in [-0.2, 0) is 20.9 Å². The van der Waals surface area contributed by atoms with Gasteiger partial charge in [-0.15, -0.1) is 0 Å². The van der Waals surface area contributed by atoms with Crippen molar-refractivity contribution in [3.8, 4) is 0 Å². The van der Waals surface area contributed by atoms with Gasteiger partial charge in [-0.3, -0.25) is 9.59 Å². The average Bonchev–Trinajstić information content (AvgIpc) is 2.72. The smallest absolute Gasteiger partial charge is 0.313 e. The molecule has 0 fully saturated rings. The molecule has 0 unspecified atom stereocenters. The van der Waals surface area contributed by atoms with Gasteiger partial charge in [-0.2, -0.15) is 0 Å². The minimum Gasteiger partial charge on any atom is -0.466 e. The third-order valence-electron chi connectivity index (χ3n) is 2.73. The molecular weight excluding hydrogens is 249 g/mol. The first-order valence-electron chi connectivity index (χ1n) is 6.02. The van der Waals surface area contributed by atoms with Crippen molar-refractivity contribution in [1.29, 1.82) is 0 Å². The summed E-state index contributed by atoms with van der Waals surface area (Å²) in [4.78, 5) is 22.9. The Morgan fingerprint density at radius 2 is 2.11 bits per heavy atom. The van der Waals surface area contributed by atoms with Crippen LogP contribution in [0.15, 0.2) is 30.5 Å². The Hall–Kier alpha value is -2.17. The third-order valence-corrected chi connectivity index (χ3v) is 2.73. The van der Waals surface area contributed by atoms with Crippen molar-refractivity contribution in [3.05, 3.63) is 36.3 Å². The van der Waals surface area contributed by atoms with Crippen molar-refractivity contribution >= 4 is 22.7 Å². The van der Waals surface area contributed by atoms with E-state index in [-0.39, 0.29) is 31.2 Å². The van der Waals surface area contributed by atoms with E-state index in [0.717, 1.165) is 5.39 Å². The summed E-state index contributed by atoms with van der Waals surface area (Å²) in [7, 11) is 0. The van der Waals surface area contributed by atoms with Gasteiger partial charge in [0.1, 0.15) is 12.2 Å². The molecule has 100 valence electrons. The van der Waals surface area contributed by atoms with E-state index in [0.29, 0.717) is 5.52 Å². The van der Waals surface area contributed by atoms with Crippen molar-refractivity contribution in [2.24, 2.45) is 0 Å². The molecule has 0 atom stereocenters. The number of esters is 1. The zero-order valence-corrected chi connectivity index (χ0v) is 10.6.